The number of thiocarbonyl (C=S) groups is 1. The number of amides is 1. The van der Waals surface area contributed by atoms with Crippen LogP contribution in [0.3, 0.4) is 0 Å². The maximum absolute atomic E-state index is 12.7. The van der Waals surface area contributed by atoms with E-state index < -0.39 is 5.97 Å². The van der Waals surface area contributed by atoms with Gasteiger partial charge in [-0.05, 0) is 80.2 Å². The molecule has 1 fully saturated rings. The van der Waals surface area contributed by atoms with E-state index in [1.54, 1.807) is 25.4 Å². The molecule has 0 aliphatic carbocycles. The number of hydrogen-bond acceptors (Lipinski definition) is 7. The molecule has 2 N–H and O–H groups in total. The average Bonchev–Trinajstić information content (AvgIpc) is 3.51. The lowest BCUT2D eigenvalue weighted by Crippen LogP contribution is -2.29. The topological polar surface area (TPSA) is 107 Å². The van der Waals surface area contributed by atoms with E-state index in [-0.39, 0.29) is 24.6 Å². The summed E-state index contributed by atoms with van der Waals surface area (Å²) in [7, 11) is 4.38. The first-order valence-electron chi connectivity index (χ1n) is 13.6. The minimum atomic E-state index is -0.414. The SMILES string of the molecule is COCC(=O)Nc1cc(N2C(=S)N[C@@H](c3ccccn3)[C@@H]2c2cc(C)n(-c3ccccc3C(=O)OC)c2C)ccc1OC. The maximum atomic E-state index is 12.7. The van der Waals surface area contributed by atoms with E-state index in [4.69, 9.17) is 26.4 Å². The van der Waals surface area contributed by atoms with Crippen LogP contribution in [0.5, 0.6) is 5.75 Å². The molecule has 0 radical (unpaired) electrons. The Morgan fingerprint density at radius 2 is 1.79 bits per heavy atom. The van der Waals surface area contributed by atoms with Gasteiger partial charge in [-0.25, -0.2) is 4.79 Å². The molecule has 11 heteroatoms. The second kappa shape index (κ2) is 12.6. The van der Waals surface area contributed by atoms with Crippen LogP contribution in [0, 0.1) is 13.8 Å². The number of nitrogens with zero attached hydrogens (tertiary/aromatic N) is 3. The van der Waals surface area contributed by atoms with Gasteiger partial charge in [-0.15, -0.1) is 0 Å². The van der Waals surface area contributed by atoms with Gasteiger partial charge in [0.1, 0.15) is 12.4 Å². The summed E-state index contributed by atoms with van der Waals surface area (Å²) in [5.41, 5.74) is 6.08. The summed E-state index contributed by atoms with van der Waals surface area (Å²) in [5.74, 6) is -0.222. The van der Waals surface area contributed by atoms with Crippen molar-refractivity contribution >= 4 is 40.6 Å². The third kappa shape index (κ3) is 5.69. The average molecular weight is 600 g/mol. The molecule has 3 heterocycles. The van der Waals surface area contributed by atoms with Crippen LogP contribution in [-0.2, 0) is 14.3 Å². The van der Waals surface area contributed by atoms with Crippen LogP contribution < -0.4 is 20.3 Å². The second-order valence-electron chi connectivity index (χ2n) is 10.0. The predicted octanol–water partition coefficient (Wildman–Crippen LogP) is 5.05. The van der Waals surface area contributed by atoms with Gasteiger partial charge in [-0.1, -0.05) is 18.2 Å². The summed E-state index contributed by atoms with van der Waals surface area (Å²) in [4.78, 5) is 31.8. The van der Waals surface area contributed by atoms with Gasteiger partial charge in [-0.2, -0.15) is 0 Å². The number of nitrogens with one attached hydrogen (secondary N) is 2. The van der Waals surface area contributed by atoms with Crippen LogP contribution in [0.2, 0.25) is 0 Å². The zero-order chi connectivity index (χ0) is 30.7. The maximum Gasteiger partial charge on any atom is 0.339 e. The van der Waals surface area contributed by atoms with Crippen molar-refractivity contribution in [3.63, 3.8) is 0 Å². The normalized spacial score (nSPS) is 16.1. The van der Waals surface area contributed by atoms with E-state index in [2.05, 4.69) is 26.3 Å². The predicted molar refractivity (Wildman–Crippen MR) is 168 cm³/mol. The Morgan fingerprint density at radius 1 is 1.02 bits per heavy atom. The smallest absolute Gasteiger partial charge is 0.339 e. The minimum absolute atomic E-state index is 0.0968. The van der Waals surface area contributed by atoms with E-state index in [1.165, 1.54) is 14.2 Å². The standard InChI is InChI=1S/C32H33N5O5S/c1-19-16-23(20(2)36(19)26-12-7-6-10-22(26)31(39)42-5)30-29(24-11-8-9-15-33-24)35-32(43)37(30)21-13-14-27(41-4)25(17-21)34-28(38)18-40-3/h6-17,29-30H,18H2,1-5H3,(H,34,38)(H,35,43)/t29-,30-/m0/s1. The molecular formula is C32H33N5O5S. The summed E-state index contributed by atoms with van der Waals surface area (Å²) in [6.45, 7) is 3.93. The third-order valence-electron chi connectivity index (χ3n) is 7.45. The van der Waals surface area contributed by atoms with Crippen molar-refractivity contribution in [2.75, 3.05) is 38.2 Å². The summed E-state index contributed by atoms with van der Waals surface area (Å²) < 4.78 is 17.7. The van der Waals surface area contributed by atoms with Gasteiger partial charge in [-0.3, -0.25) is 9.78 Å². The number of aryl methyl sites for hydroxylation is 1. The number of anilines is 2. The lowest BCUT2D eigenvalue weighted by molar-refractivity contribution is -0.119. The molecule has 1 saturated heterocycles. The molecule has 2 aromatic carbocycles. The van der Waals surface area contributed by atoms with Crippen molar-refractivity contribution in [3.8, 4) is 11.4 Å². The van der Waals surface area contributed by atoms with Crippen molar-refractivity contribution < 1.29 is 23.8 Å². The van der Waals surface area contributed by atoms with E-state index in [1.807, 2.05) is 67.3 Å². The van der Waals surface area contributed by atoms with Gasteiger partial charge in [0.05, 0.1) is 48.9 Å². The van der Waals surface area contributed by atoms with Gasteiger partial charge in [0, 0.05) is 30.4 Å². The summed E-state index contributed by atoms with van der Waals surface area (Å²) >= 11 is 5.94. The fraction of sp³-hybridized carbons (Fsp3) is 0.250. The zero-order valence-electron chi connectivity index (χ0n) is 24.6. The molecule has 0 bridgehead atoms. The number of rotatable bonds is 9. The monoisotopic (exact) mass is 599 g/mol. The zero-order valence-corrected chi connectivity index (χ0v) is 25.4. The lowest BCUT2D eigenvalue weighted by atomic mass is 9.96. The van der Waals surface area contributed by atoms with Crippen molar-refractivity contribution in [2.45, 2.75) is 25.9 Å². The molecule has 2 aromatic heterocycles. The van der Waals surface area contributed by atoms with Crippen LogP contribution >= 0.6 is 12.2 Å². The number of hydrogen-bond donors (Lipinski definition) is 2. The van der Waals surface area contributed by atoms with Crippen molar-refractivity contribution in [1.29, 1.82) is 0 Å². The molecule has 1 amide bonds. The van der Waals surface area contributed by atoms with Crippen molar-refractivity contribution in [1.82, 2.24) is 14.9 Å². The van der Waals surface area contributed by atoms with Crippen LogP contribution in [0.25, 0.3) is 5.69 Å². The number of pyridine rings is 1. The molecule has 0 spiro atoms. The Labute approximate surface area is 255 Å². The Hall–Kier alpha value is -4.74. The third-order valence-corrected chi connectivity index (χ3v) is 7.76. The fourth-order valence-corrected chi connectivity index (χ4v) is 5.96. The van der Waals surface area contributed by atoms with E-state index >= 15 is 0 Å². The molecule has 222 valence electrons. The first-order chi connectivity index (χ1) is 20.8. The van der Waals surface area contributed by atoms with Gasteiger partial charge in [0.2, 0.25) is 5.91 Å². The summed E-state index contributed by atoms with van der Waals surface area (Å²) in [5, 5.41) is 6.85. The number of benzene rings is 2. The number of ether oxygens (including phenoxy) is 3. The molecule has 0 unspecified atom stereocenters. The lowest BCUT2D eigenvalue weighted by Gasteiger charge is -2.29. The van der Waals surface area contributed by atoms with Crippen LogP contribution in [0.1, 0.15) is 45.1 Å². The molecule has 1 aliphatic heterocycles. The van der Waals surface area contributed by atoms with E-state index in [0.717, 1.165) is 34.0 Å². The Kier molecular flexibility index (Phi) is 8.74. The van der Waals surface area contributed by atoms with E-state index in [0.29, 0.717) is 22.1 Å². The number of methoxy groups -OCH3 is 3. The highest BCUT2D eigenvalue weighted by Gasteiger charge is 2.42. The largest absolute Gasteiger partial charge is 0.495 e. The first kappa shape index (κ1) is 29.7. The molecule has 43 heavy (non-hydrogen) atoms. The molecule has 10 nitrogen and oxygen atoms in total. The fourth-order valence-electron chi connectivity index (χ4n) is 5.62. The van der Waals surface area contributed by atoms with Crippen molar-refractivity contribution in [3.05, 3.63) is 101 Å². The molecule has 1 aliphatic rings. The first-order valence-corrected chi connectivity index (χ1v) is 14.0. The van der Waals surface area contributed by atoms with Crippen LogP contribution in [0.4, 0.5) is 11.4 Å². The highest BCUT2D eigenvalue weighted by Crippen LogP contribution is 2.45. The van der Waals surface area contributed by atoms with Crippen LogP contribution in [-0.4, -0.2) is 54.5 Å². The van der Waals surface area contributed by atoms with Gasteiger partial charge < -0.3 is 34.3 Å². The molecule has 0 saturated carbocycles. The summed E-state index contributed by atoms with van der Waals surface area (Å²) in [6.07, 6.45) is 1.76. The second-order valence-corrected chi connectivity index (χ2v) is 10.4. The number of carbonyl (C=O) groups is 2. The Balaban J connectivity index is 1.67. The molecule has 2 atom stereocenters. The highest BCUT2D eigenvalue weighted by atomic mass is 32.1. The molecule has 4 aromatic rings. The van der Waals surface area contributed by atoms with Gasteiger partial charge in [0.15, 0.2) is 5.11 Å². The molecular weight excluding hydrogens is 566 g/mol. The number of aromatic nitrogens is 2. The van der Waals surface area contributed by atoms with Crippen molar-refractivity contribution in [2.24, 2.45) is 0 Å². The Morgan fingerprint density at radius 3 is 2.49 bits per heavy atom. The Bertz CT molecular complexity index is 1670. The highest BCUT2D eigenvalue weighted by molar-refractivity contribution is 7.80. The number of carbonyl (C=O) groups excluding carboxylic acids is 2. The van der Waals surface area contributed by atoms with E-state index in [9.17, 15) is 9.59 Å². The minimum Gasteiger partial charge on any atom is -0.495 e. The van der Waals surface area contributed by atoms with Gasteiger partial charge >= 0.3 is 5.97 Å². The summed E-state index contributed by atoms with van der Waals surface area (Å²) in [6, 6.07) is 20.2. The number of para-hydroxylation sites is 1. The molecule has 5 rings (SSSR count). The number of esters is 1. The quantitative estimate of drug-likeness (QED) is 0.202. The van der Waals surface area contributed by atoms with Crippen LogP contribution in [0.15, 0.2) is 72.9 Å². The van der Waals surface area contributed by atoms with Gasteiger partial charge in [0.25, 0.3) is 0 Å².